The third-order valence-corrected chi connectivity index (χ3v) is 3.91. The van der Waals surface area contributed by atoms with Crippen LogP contribution < -0.4 is 0 Å². The number of piperidine rings is 1. The number of carboxylic acid groups (broad SMARTS) is 1. The maximum absolute atomic E-state index is 12.5. The lowest BCUT2D eigenvalue weighted by Crippen LogP contribution is -2.39. The van der Waals surface area contributed by atoms with E-state index in [2.05, 4.69) is 0 Å². The molecule has 0 bridgehead atoms. The molecule has 0 atom stereocenters. The van der Waals surface area contributed by atoms with Crippen molar-refractivity contribution in [3.63, 3.8) is 0 Å². The topological polar surface area (TPSA) is 40.5 Å². The Bertz CT molecular complexity index is 308. The molecule has 0 radical (unpaired) electrons. The largest absolute Gasteiger partial charge is 0.481 e. The van der Waals surface area contributed by atoms with Gasteiger partial charge in [0.2, 0.25) is 0 Å². The van der Waals surface area contributed by atoms with Gasteiger partial charge in [0, 0.05) is 0 Å². The molecule has 3 nitrogen and oxygen atoms in total. The van der Waals surface area contributed by atoms with E-state index in [9.17, 15) is 18.0 Å². The number of halogens is 3. The first-order chi connectivity index (χ1) is 8.63. The van der Waals surface area contributed by atoms with E-state index in [1.165, 1.54) is 0 Å². The van der Waals surface area contributed by atoms with Gasteiger partial charge in [0.25, 0.3) is 0 Å². The molecule has 0 unspecified atom stereocenters. The summed E-state index contributed by atoms with van der Waals surface area (Å²) in [6.07, 6.45) is -2.51. The summed E-state index contributed by atoms with van der Waals surface area (Å²) in [4.78, 5) is 12.9. The minimum absolute atomic E-state index is 0.159. The monoisotopic (exact) mass is 281 g/mol. The molecule has 1 aliphatic rings. The van der Waals surface area contributed by atoms with E-state index in [0.717, 1.165) is 0 Å². The van der Waals surface area contributed by atoms with Crippen molar-refractivity contribution in [2.24, 2.45) is 11.3 Å². The number of carbonyl (C=O) groups is 1. The maximum Gasteiger partial charge on any atom is 0.391 e. The number of hydrogen-bond acceptors (Lipinski definition) is 2. The molecule has 1 N–H and O–H groups in total. The lowest BCUT2D eigenvalue weighted by molar-refractivity contribution is -0.185. The van der Waals surface area contributed by atoms with Gasteiger partial charge in [-0.2, -0.15) is 13.2 Å². The van der Waals surface area contributed by atoms with E-state index in [0.29, 0.717) is 32.5 Å². The molecule has 6 heteroatoms. The smallest absolute Gasteiger partial charge is 0.391 e. The summed E-state index contributed by atoms with van der Waals surface area (Å²) < 4.78 is 37.4. The second kappa shape index (κ2) is 6.11. The summed E-state index contributed by atoms with van der Waals surface area (Å²) in [6.45, 7) is 4.94. The summed E-state index contributed by atoms with van der Waals surface area (Å²) in [7, 11) is 0. The summed E-state index contributed by atoms with van der Waals surface area (Å²) in [5.41, 5.74) is -0.760. The van der Waals surface area contributed by atoms with Crippen LogP contribution in [-0.4, -0.2) is 41.8 Å². The Morgan fingerprint density at radius 3 is 2.21 bits per heavy atom. The van der Waals surface area contributed by atoms with Gasteiger partial charge >= 0.3 is 12.1 Å². The molecule has 0 saturated carbocycles. The van der Waals surface area contributed by atoms with Crippen molar-refractivity contribution >= 4 is 5.97 Å². The average molecular weight is 281 g/mol. The highest BCUT2D eigenvalue weighted by Gasteiger charge is 2.40. The maximum atomic E-state index is 12.5. The highest BCUT2D eigenvalue weighted by atomic mass is 19.4. The summed E-state index contributed by atoms with van der Waals surface area (Å²) in [6, 6.07) is 0. The predicted molar refractivity (Wildman–Crippen MR) is 65.9 cm³/mol. The number of carboxylic acids is 1. The van der Waals surface area contributed by atoms with Crippen molar-refractivity contribution in [3.05, 3.63) is 0 Å². The number of likely N-dealkylation sites (tertiary alicyclic amines) is 1. The normalized spacial score (nSPS) is 19.6. The molecule has 0 aromatic heterocycles. The average Bonchev–Trinajstić information content (AvgIpc) is 2.28. The van der Waals surface area contributed by atoms with Crippen molar-refractivity contribution < 1.29 is 23.1 Å². The van der Waals surface area contributed by atoms with Crippen LogP contribution in [0.5, 0.6) is 0 Å². The van der Waals surface area contributed by atoms with Gasteiger partial charge in [-0.3, -0.25) is 4.79 Å². The zero-order valence-corrected chi connectivity index (χ0v) is 11.5. The van der Waals surface area contributed by atoms with Gasteiger partial charge < -0.3 is 10.0 Å². The standard InChI is InChI=1S/C13H22F3NO2/c1-12(2,11(18)19)6-3-7-17-8-4-10(5-9-17)13(14,15)16/h10H,3-9H2,1-2H3,(H,18,19). The molecule has 0 spiro atoms. The zero-order valence-electron chi connectivity index (χ0n) is 11.5. The molecule has 1 rings (SSSR count). The lowest BCUT2D eigenvalue weighted by atomic mass is 9.88. The SMILES string of the molecule is CC(C)(CCCN1CCC(C(F)(F)F)CC1)C(=O)O. The Morgan fingerprint density at radius 2 is 1.79 bits per heavy atom. The van der Waals surface area contributed by atoms with Crippen LogP contribution in [-0.2, 0) is 4.79 Å². The molecular formula is C13H22F3NO2. The van der Waals surface area contributed by atoms with Gasteiger partial charge in [-0.25, -0.2) is 0 Å². The second-order valence-electron chi connectivity index (χ2n) is 5.95. The quantitative estimate of drug-likeness (QED) is 0.841. The van der Waals surface area contributed by atoms with Crippen LogP contribution in [0.1, 0.15) is 39.5 Å². The van der Waals surface area contributed by atoms with E-state index in [4.69, 9.17) is 5.11 Å². The Balaban J connectivity index is 2.26. The van der Waals surface area contributed by atoms with Crippen molar-refractivity contribution in [3.8, 4) is 0 Å². The first-order valence-electron chi connectivity index (χ1n) is 6.65. The molecule has 19 heavy (non-hydrogen) atoms. The fourth-order valence-electron chi connectivity index (χ4n) is 2.34. The third-order valence-electron chi connectivity index (χ3n) is 3.91. The summed E-state index contributed by atoms with van der Waals surface area (Å²) >= 11 is 0. The molecule has 0 amide bonds. The number of nitrogens with zero attached hydrogens (tertiary/aromatic N) is 1. The highest BCUT2D eigenvalue weighted by Crippen LogP contribution is 2.34. The minimum atomic E-state index is -4.07. The van der Waals surface area contributed by atoms with Crippen LogP contribution in [0.15, 0.2) is 0 Å². The summed E-state index contributed by atoms with van der Waals surface area (Å²) in [5.74, 6) is -2.00. The fraction of sp³-hybridized carbons (Fsp3) is 0.923. The van der Waals surface area contributed by atoms with Gasteiger partial charge in [-0.1, -0.05) is 0 Å². The molecule has 1 saturated heterocycles. The Labute approximate surface area is 111 Å². The Kier molecular flexibility index (Phi) is 5.24. The van der Waals surface area contributed by atoms with E-state index in [-0.39, 0.29) is 12.8 Å². The van der Waals surface area contributed by atoms with Crippen LogP contribution in [0.2, 0.25) is 0 Å². The summed E-state index contributed by atoms with van der Waals surface area (Å²) in [5, 5.41) is 8.96. The Hall–Kier alpha value is -0.780. The van der Waals surface area contributed by atoms with Gasteiger partial charge in [0.1, 0.15) is 0 Å². The van der Waals surface area contributed by atoms with Crippen molar-refractivity contribution in [1.29, 1.82) is 0 Å². The molecule has 112 valence electrons. The van der Waals surface area contributed by atoms with E-state index >= 15 is 0 Å². The third kappa shape index (κ3) is 5.01. The molecule has 1 aliphatic heterocycles. The van der Waals surface area contributed by atoms with Crippen LogP contribution >= 0.6 is 0 Å². The molecule has 1 fully saturated rings. The van der Waals surface area contributed by atoms with Gasteiger partial charge in [0.05, 0.1) is 11.3 Å². The van der Waals surface area contributed by atoms with Crippen LogP contribution in [0.25, 0.3) is 0 Å². The first-order valence-corrected chi connectivity index (χ1v) is 6.65. The fourth-order valence-corrected chi connectivity index (χ4v) is 2.34. The number of aliphatic carboxylic acids is 1. The van der Waals surface area contributed by atoms with Gasteiger partial charge in [-0.05, 0) is 59.2 Å². The van der Waals surface area contributed by atoms with Crippen LogP contribution in [0.3, 0.4) is 0 Å². The zero-order chi connectivity index (χ0) is 14.7. The molecule has 0 aromatic carbocycles. The predicted octanol–water partition coefficient (Wildman–Crippen LogP) is 3.15. The highest BCUT2D eigenvalue weighted by molar-refractivity contribution is 5.73. The molecular weight excluding hydrogens is 259 g/mol. The number of alkyl halides is 3. The number of hydrogen-bond donors (Lipinski definition) is 1. The van der Waals surface area contributed by atoms with Crippen molar-refractivity contribution in [2.75, 3.05) is 19.6 Å². The molecule has 0 aliphatic carbocycles. The minimum Gasteiger partial charge on any atom is -0.481 e. The van der Waals surface area contributed by atoms with E-state index in [1.807, 2.05) is 4.90 Å². The Morgan fingerprint density at radius 1 is 1.26 bits per heavy atom. The second-order valence-corrected chi connectivity index (χ2v) is 5.95. The van der Waals surface area contributed by atoms with Crippen LogP contribution in [0, 0.1) is 11.3 Å². The van der Waals surface area contributed by atoms with E-state index in [1.54, 1.807) is 13.8 Å². The number of rotatable bonds is 5. The van der Waals surface area contributed by atoms with Crippen LogP contribution in [0.4, 0.5) is 13.2 Å². The van der Waals surface area contributed by atoms with E-state index < -0.39 is 23.5 Å². The molecule has 1 heterocycles. The first kappa shape index (κ1) is 16.3. The van der Waals surface area contributed by atoms with Crippen molar-refractivity contribution in [2.45, 2.75) is 45.7 Å². The van der Waals surface area contributed by atoms with Crippen molar-refractivity contribution in [1.82, 2.24) is 4.90 Å². The molecule has 0 aromatic rings. The van der Waals surface area contributed by atoms with Gasteiger partial charge in [0.15, 0.2) is 0 Å². The lowest BCUT2D eigenvalue weighted by Gasteiger charge is -2.33. The van der Waals surface area contributed by atoms with Gasteiger partial charge in [-0.15, -0.1) is 0 Å².